The molecular weight excluding hydrogens is 298 g/mol. The van der Waals surface area contributed by atoms with E-state index in [2.05, 4.69) is 5.32 Å². The van der Waals surface area contributed by atoms with Crippen LogP contribution in [0.4, 0.5) is 0 Å². The number of nitrogens with zero attached hydrogens (tertiary/aromatic N) is 2. The maximum atomic E-state index is 12.7. The Kier molecular flexibility index (Phi) is 3.46. The number of hydrogen-bond acceptors (Lipinski definition) is 5. The second-order valence-corrected chi connectivity index (χ2v) is 7.16. The molecule has 0 aromatic carbocycles. The van der Waals surface area contributed by atoms with Crippen LogP contribution in [-0.4, -0.2) is 72.0 Å². The average molecular weight is 321 g/mol. The van der Waals surface area contributed by atoms with E-state index in [0.29, 0.717) is 0 Å². The largest absolute Gasteiger partial charge is 0.373 e. The Morgan fingerprint density at radius 3 is 2.35 bits per heavy atom. The quantitative estimate of drug-likeness (QED) is 0.700. The lowest BCUT2D eigenvalue weighted by Crippen LogP contribution is -2.52. The van der Waals surface area contributed by atoms with Crippen molar-refractivity contribution in [3.8, 4) is 0 Å². The molecule has 4 saturated heterocycles. The molecule has 7 nitrogen and oxygen atoms in total. The summed E-state index contributed by atoms with van der Waals surface area (Å²) < 4.78 is 5.73. The molecule has 6 atom stereocenters. The first-order valence-corrected chi connectivity index (χ1v) is 8.50. The van der Waals surface area contributed by atoms with Gasteiger partial charge in [-0.05, 0) is 32.7 Å². The highest BCUT2D eigenvalue weighted by atomic mass is 16.5. The maximum Gasteiger partial charge on any atom is 0.245 e. The molecule has 23 heavy (non-hydrogen) atoms. The Morgan fingerprint density at radius 2 is 1.83 bits per heavy atom. The molecule has 4 rings (SSSR count). The number of likely N-dealkylation sites (N-methyl/N-ethyl adjacent to an activating group) is 1. The molecule has 7 heteroatoms. The first-order chi connectivity index (χ1) is 11.0. The van der Waals surface area contributed by atoms with Gasteiger partial charge in [0.1, 0.15) is 6.04 Å². The van der Waals surface area contributed by atoms with Gasteiger partial charge in [-0.1, -0.05) is 0 Å². The summed E-state index contributed by atoms with van der Waals surface area (Å²) in [6.45, 7) is 3.32. The van der Waals surface area contributed by atoms with Gasteiger partial charge in [0.15, 0.2) is 0 Å². The highest BCUT2D eigenvalue weighted by Crippen LogP contribution is 2.48. The molecule has 1 N–H and O–H groups in total. The van der Waals surface area contributed by atoms with E-state index in [1.54, 1.807) is 18.9 Å². The molecule has 4 fully saturated rings. The van der Waals surface area contributed by atoms with Crippen LogP contribution < -0.4 is 5.32 Å². The molecule has 3 amide bonds. The predicted molar refractivity (Wildman–Crippen MR) is 80.2 cm³/mol. The summed E-state index contributed by atoms with van der Waals surface area (Å²) in [5.41, 5.74) is 0. The van der Waals surface area contributed by atoms with Gasteiger partial charge in [-0.15, -0.1) is 0 Å². The molecule has 4 aliphatic rings. The molecule has 0 radical (unpaired) electrons. The van der Waals surface area contributed by atoms with Crippen LogP contribution in [0, 0.1) is 11.8 Å². The Bertz CT molecular complexity index is 532. The molecule has 0 aromatic heterocycles. The molecule has 126 valence electrons. The number of likely N-dealkylation sites (tertiary alicyclic amines) is 1. The normalized spacial score (nSPS) is 39.9. The minimum atomic E-state index is -0.731. The topological polar surface area (TPSA) is 79.0 Å². The maximum absolute atomic E-state index is 12.7. The summed E-state index contributed by atoms with van der Waals surface area (Å²) in [5, 5.41) is 3.23. The summed E-state index contributed by atoms with van der Waals surface area (Å²) in [7, 11) is 1.76. The monoisotopic (exact) mass is 321 g/mol. The summed E-state index contributed by atoms with van der Waals surface area (Å²) in [4.78, 5) is 41.1. The molecule has 0 saturated carbocycles. The molecule has 0 aliphatic carbocycles. The zero-order valence-electron chi connectivity index (χ0n) is 13.5. The van der Waals surface area contributed by atoms with Gasteiger partial charge in [-0.2, -0.15) is 0 Å². The van der Waals surface area contributed by atoms with Gasteiger partial charge in [0.05, 0.1) is 24.0 Å². The van der Waals surface area contributed by atoms with E-state index in [9.17, 15) is 14.4 Å². The van der Waals surface area contributed by atoms with Crippen molar-refractivity contribution in [2.45, 2.75) is 50.5 Å². The third kappa shape index (κ3) is 2.06. The number of carbonyl (C=O) groups excluding carboxylic acids is 3. The Balaban J connectivity index is 1.52. The van der Waals surface area contributed by atoms with Crippen LogP contribution in [-0.2, 0) is 19.1 Å². The third-order valence-electron chi connectivity index (χ3n) is 5.99. The number of rotatable bonds is 3. The van der Waals surface area contributed by atoms with Crippen molar-refractivity contribution in [1.82, 2.24) is 15.1 Å². The number of hydrogen-bond donors (Lipinski definition) is 1. The third-order valence-corrected chi connectivity index (χ3v) is 5.99. The van der Waals surface area contributed by atoms with Crippen LogP contribution in [0.25, 0.3) is 0 Å². The van der Waals surface area contributed by atoms with Crippen LogP contribution >= 0.6 is 0 Å². The summed E-state index contributed by atoms with van der Waals surface area (Å²) in [5.74, 6) is -1.32. The number of ether oxygens (including phenoxy) is 1. The second kappa shape index (κ2) is 5.27. The highest BCUT2D eigenvalue weighted by molar-refractivity contribution is 6.09. The minimum Gasteiger partial charge on any atom is -0.373 e. The molecule has 4 heterocycles. The van der Waals surface area contributed by atoms with Gasteiger partial charge in [0.2, 0.25) is 17.7 Å². The van der Waals surface area contributed by atoms with Crippen molar-refractivity contribution in [2.24, 2.45) is 11.8 Å². The van der Waals surface area contributed by atoms with Crippen LogP contribution in [0.2, 0.25) is 0 Å². The molecule has 6 unspecified atom stereocenters. The van der Waals surface area contributed by atoms with Gasteiger partial charge in [0.25, 0.3) is 0 Å². The second-order valence-electron chi connectivity index (χ2n) is 7.16. The lowest BCUT2D eigenvalue weighted by atomic mass is 9.81. The standard InChI is InChI=1S/C16H23N3O4/c1-8(14(20)18(2)9-5-6-17-7-9)19-15(21)12-10-3-4-11(23-10)13(12)16(19)22/h8-13,17H,3-7H2,1-2H3. The van der Waals surface area contributed by atoms with Crippen LogP contribution in [0.1, 0.15) is 26.2 Å². The van der Waals surface area contributed by atoms with E-state index in [-0.39, 0.29) is 47.8 Å². The van der Waals surface area contributed by atoms with Gasteiger partial charge < -0.3 is 15.0 Å². The molecule has 0 aromatic rings. The Morgan fingerprint density at radius 1 is 1.22 bits per heavy atom. The van der Waals surface area contributed by atoms with E-state index in [1.807, 2.05) is 0 Å². The number of carbonyl (C=O) groups is 3. The fourth-order valence-electron chi connectivity index (χ4n) is 4.67. The first kappa shape index (κ1) is 15.1. The van der Waals surface area contributed by atoms with Crippen molar-refractivity contribution in [1.29, 1.82) is 0 Å². The van der Waals surface area contributed by atoms with Gasteiger partial charge in [0, 0.05) is 19.6 Å². The van der Waals surface area contributed by atoms with E-state index < -0.39 is 6.04 Å². The molecule has 4 aliphatic heterocycles. The first-order valence-electron chi connectivity index (χ1n) is 8.50. The van der Waals surface area contributed by atoms with Crippen molar-refractivity contribution in [3.05, 3.63) is 0 Å². The fraction of sp³-hybridized carbons (Fsp3) is 0.812. The van der Waals surface area contributed by atoms with E-state index in [0.717, 1.165) is 32.4 Å². The minimum absolute atomic E-state index is 0.134. The van der Waals surface area contributed by atoms with Crippen LogP contribution in [0.5, 0.6) is 0 Å². The van der Waals surface area contributed by atoms with Crippen molar-refractivity contribution in [2.75, 3.05) is 20.1 Å². The lowest BCUT2D eigenvalue weighted by Gasteiger charge is -2.31. The average Bonchev–Trinajstić information content (AvgIpc) is 3.30. The van der Waals surface area contributed by atoms with Gasteiger partial charge in [-0.25, -0.2) is 0 Å². The van der Waals surface area contributed by atoms with E-state index in [4.69, 9.17) is 4.74 Å². The lowest BCUT2D eigenvalue weighted by molar-refractivity contribution is -0.153. The number of fused-ring (bicyclic) bond motifs is 5. The SMILES string of the molecule is CC(C(=O)N(C)C1CCNC1)N1C(=O)C2C3CCC(O3)C2C1=O. The van der Waals surface area contributed by atoms with Crippen LogP contribution in [0.3, 0.4) is 0 Å². The highest BCUT2D eigenvalue weighted by Gasteiger charge is 2.63. The fourth-order valence-corrected chi connectivity index (χ4v) is 4.67. The molecule has 2 bridgehead atoms. The zero-order valence-corrected chi connectivity index (χ0v) is 13.5. The zero-order chi connectivity index (χ0) is 16.3. The predicted octanol–water partition coefficient (Wildman–Crippen LogP) is -0.642. The molecule has 0 spiro atoms. The summed E-state index contributed by atoms with van der Waals surface area (Å²) >= 11 is 0. The number of imide groups is 1. The Labute approximate surface area is 135 Å². The smallest absolute Gasteiger partial charge is 0.245 e. The number of amides is 3. The van der Waals surface area contributed by atoms with Gasteiger partial charge in [-0.3, -0.25) is 19.3 Å². The molecular formula is C16H23N3O4. The summed E-state index contributed by atoms with van der Waals surface area (Å²) in [6, 6.07) is -0.595. The number of nitrogens with one attached hydrogen (secondary N) is 1. The van der Waals surface area contributed by atoms with Gasteiger partial charge >= 0.3 is 0 Å². The van der Waals surface area contributed by atoms with Crippen molar-refractivity contribution < 1.29 is 19.1 Å². The van der Waals surface area contributed by atoms with E-state index in [1.165, 1.54) is 4.90 Å². The van der Waals surface area contributed by atoms with Crippen molar-refractivity contribution in [3.63, 3.8) is 0 Å². The van der Waals surface area contributed by atoms with E-state index >= 15 is 0 Å². The Hall–Kier alpha value is -1.47. The van der Waals surface area contributed by atoms with Crippen LogP contribution in [0.15, 0.2) is 0 Å². The van der Waals surface area contributed by atoms with Crippen molar-refractivity contribution >= 4 is 17.7 Å². The summed E-state index contributed by atoms with van der Waals surface area (Å²) in [6.07, 6.45) is 2.32.